The maximum atomic E-state index is 3.84. The third-order valence-corrected chi connectivity index (χ3v) is 3.80. The fourth-order valence-corrected chi connectivity index (χ4v) is 2.81. The van der Waals surface area contributed by atoms with Crippen molar-refractivity contribution in [3.63, 3.8) is 0 Å². The van der Waals surface area contributed by atoms with E-state index in [0.29, 0.717) is 5.92 Å². The Morgan fingerprint density at radius 3 is 3.06 bits per heavy atom. The zero-order valence-corrected chi connectivity index (χ0v) is 10.2. The second-order valence-corrected chi connectivity index (χ2v) is 5.00. The largest absolute Gasteiger partial charge is 0.361 e. The van der Waals surface area contributed by atoms with Crippen molar-refractivity contribution >= 4 is 17.0 Å². The molecular formula is C15H18N2. The lowest BCUT2D eigenvalue weighted by Crippen LogP contribution is -2.13. The lowest BCUT2D eigenvalue weighted by molar-refractivity contribution is 0.412. The Morgan fingerprint density at radius 1 is 1.47 bits per heavy atom. The fourth-order valence-electron chi connectivity index (χ4n) is 2.81. The Bertz CT molecular complexity index is 553. The highest BCUT2D eigenvalue weighted by molar-refractivity contribution is 5.86. The highest BCUT2D eigenvalue weighted by Gasteiger charge is 2.23. The van der Waals surface area contributed by atoms with Crippen LogP contribution in [0.2, 0.25) is 0 Å². The zero-order chi connectivity index (χ0) is 11.8. The molecule has 17 heavy (non-hydrogen) atoms. The number of aromatic amines is 1. The van der Waals surface area contributed by atoms with Gasteiger partial charge in [-0.1, -0.05) is 18.7 Å². The van der Waals surface area contributed by atoms with E-state index < -0.39 is 0 Å². The maximum Gasteiger partial charge on any atom is 0.0457 e. The first kappa shape index (κ1) is 10.6. The van der Waals surface area contributed by atoms with Crippen molar-refractivity contribution < 1.29 is 0 Å². The number of rotatable bonds is 2. The molecule has 1 fully saturated rings. The third kappa shape index (κ3) is 1.79. The van der Waals surface area contributed by atoms with Crippen molar-refractivity contribution in [2.75, 3.05) is 20.1 Å². The fraction of sp³-hybridized carbons (Fsp3) is 0.333. The predicted molar refractivity (Wildman–Crippen MR) is 73.2 cm³/mol. The molecule has 0 radical (unpaired) electrons. The summed E-state index contributed by atoms with van der Waals surface area (Å²) >= 11 is 0. The minimum Gasteiger partial charge on any atom is -0.361 e. The monoisotopic (exact) mass is 226 g/mol. The van der Waals surface area contributed by atoms with Gasteiger partial charge in [0.2, 0.25) is 0 Å². The number of likely N-dealkylation sites (tertiary alicyclic amines) is 1. The molecule has 1 aromatic heterocycles. The van der Waals surface area contributed by atoms with Gasteiger partial charge >= 0.3 is 0 Å². The van der Waals surface area contributed by atoms with Crippen LogP contribution in [0.5, 0.6) is 0 Å². The number of fused-ring (bicyclic) bond motifs is 1. The smallest absolute Gasteiger partial charge is 0.0457 e. The van der Waals surface area contributed by atoms with Crippen molar-refractivity contribution in [3.05, 3.63) is 42.1 Å². The number of likely N-dealkylation sites (N-methyl/N-ethyl adjacent to an activating group) is 1. The van der Waals surface area contributed by atoms with Crippen LogP contribution in [0.15, 0.2) is 31.0 Å². The molecule has 2 heteroatoms. The second-order valence-electron chi connectivity index (χ2n) is 5.00. The molecule has 2 heterocycles. The van der Waals surface area contributed by atoms with E-state index in [1.165, 1.54) is 41.5 Å². The Morgan fingerprint density at radius 2 is 2.35 bits per heavy atom. The molecule has 3 rings (SSSR count). The van der Waals surface area contributed by atoms with Crippen LogP contribution in [0.25, 0.3) is 17.0 Å². The summed E-state index contributed by atoms with van der Waals surface area (Å²) in [7, 11) is 2.20. The summed E-state index contributed by atoms with van der Waals surface area (Å²) in [4.78, 5) is 5.78. The van der Waals surface area contributed by atoms with Crippen LogP contribution in [0.1, 0.15) is 23.5 Å². The molecule has 1 aliphatic heterocycles. The van der Waals surface area contributed by atoms with Crippen LogP contribution < -0.4 is 0 Å². The van der Waals surface area contributed by atoms with Gasteiger partial charge in [0.15, 0.2) is 0 Å². The van der Waals surface area contributed by atoms with Gasteiger partial charge in [-0.25, -0.2) is 0 Å². The van der Waals surface area contributed by atoms with Crippen LogP contribution in [0.3, 0.4) is 0 Å². The zero-order valence-electron chi connectivity index (χ0n) is 10.2. The first-order chi connectivity index (χ1) is 8.28. The molecule has 1 N–H and O–H groups in total. The molecule has 2 nitrogen and oxygen atoms in total. The summed E-state index contributed by atoms with van der Waals surface area (Å²) in [5.41, 5.74) is 3.90. The first-order valence-electron chi connectivity index (χ1n) is 6.20. The van der Waals surface area contributed by atoms with Crippen molar-refractivity contribution in [3.8, 4) is 0 Å². The molecule has 0 bridgehead atoms. The van der Waals surface area contributed by atoms with Crippen LogP contribution >= 0.6 is 0 Å². The molecule has 1 atom stereocenters. The van der Waals surface area contributed by atoms with E-state index in [2.05, 4.69) is 47.9 Å². The Hall–Kier alpha value is -1.54. The minimum atomic E-state index is 0.675. The summed E-state index contributed by atoms with van der Waals surface area (Å²) in [5, 5.41) is 1.36. The molecule has 0 aliphatic carbocycles. The normalized spacial score (nSPS) is 21.1. The minimum absolute atomic E-state index is 0.675. The average Bonchev–Trinajstić information content (AvgIpc) is 2.93. The molecule has 1 unspecified atom stereocenters. The summed E-state index contributed by atoms with van der Waals surface area (Å²) in [5.74, 6) is 0.675. The predicted octanol–water partition coefficient (Wildman–Crippen LogP) is 3.23. The number of hydrogen-bond donors (Lipinski definition) is 1. The highest BCUT2D eigenvalue weighted by atomic mass is 15.1. The Balaban J connectivity index is 2.07. The summed E-state index contributed by atoms with van der Waals surface area (Å²) < 4.78 is 0. The van der Waals surface area contributed by atoms with Gasteiger partial charge in [-0.05, 0) is 49.2 Å². The van der Waals surface area contributed by atoms with E-state index in [1.54, 1.807) is 0 Å². The van der Waals surface area contributed by atoms with Crippen molar-refractivity contribution in [2.24, 2.45) is 0 Å². The Kier molecular flexibility index (Phi) is 2.52. The molecule has 0 saturated carbocycles. The van der Waals surface area contributed by atoms with Crippen LogP contribution in [0, 0.1) is 0 Å². The molecular weight excluding hydrogens is 208 g/mol. The molecule has 1 aromatic carbocycles. The van der Waals surface area contributed by atoms with Crippen molar-refractivity contribution in [1.29, 1.82) is 0 Å². The number of H-pyrrole nitrogens is 1. The lowest BCUT2D eigenvalue weighted by atomic mass is 9.97. The molecule has 0 spiro atoms. The third-order valence-electron chi connectivity index (χ3n) is 3.80. The van der Waals surface area contributed by atoms with Gasteiger partial charge in [-0.15, -0.1) is 0 Å². The van der Waals surface area contributed by atoms with E-state index >= 15 is 0 Å². The molecule has 2 aromatic rings. The van der Waals surface area contributed by atoms with Crippen molar-refractivity contribution in [1.82, 2.24) is 9.88 Å². The first-order valence-corrected chi connectivity index (χ1v) is 6.20. The van der Waals surface area contributed by atoms with Gasteiger partial charge in [-0.2, -0.15) is 0 Å². The van der Waals surface area contributed by atoms with Crippen LogP contribution in [-0.4, -0.2) is 30.0 Å². The van der Waals surface area contributed by atoms with Crippen molar-refractivity contribution in [2.45, 2.75) is 12.3 Å². The van der Waals surface area contributed by atoms with Gasteiger partial charge in [-0.3, -0.25) is 0 Å². The van der Waals surface area contributed by atoms with Gasteiger partial charge < -0.3 is 9.88 Å². The molecule has 0 amide bonds. The summed E-state index contributed by atoms with van der Waals surface area (Å²) in [6, 6.07) is 6.50. The van der Waals surface area contributed by atoms with Gasteiger partial charge in [0.25, 0.3) is 0 Å². The lowest BCUT2D eigenvalue weighted by Gasteiger charge is -2.09. The van der Waals surface area contributed by atoms with E-state index in [9.17, 15) is 0 Å². The standard InChI is InChI=1S/C15H18N2/c1-3-11-4-5-15-13(8-11)14(9-16-15)12-6-7-17(2)10-12/h3-5,8-9,12,16H,1,6-7,10H2,2H3. The SMILES string of the molecule is C=Cc1ccc2[nH]cc(C3CCN(C)C3)c2c1. The van der Waals surface area contributed by atoms with Crippen LogP contribution in [0.4, 0.5) is 0 Å². The number of aromatic nitrogens is 1. The van der Waals surface area contributed by atoms with E-state index in [4.69, 9.17) is 0 Å². The average molecular weight is 226 g/mol. The van der Waals surface area contributed by atoms with Gasteiger partial charge in [0.1, 0.15) is 0 Å². The van der Waals surface area contributed by atoms with Gasteiger partial charge in [0.05, 0.1) is 0 Å². The quantitative estimate of drug-likeness (QED) is 0.833. The van der Waals surface area contributed by atoms with Gasteiger partial charge in [0, 0.05) is 23.6 Å². The topological polar surface area (TPSA) is 19.0 Å². The number of nitrogens with zero attached hydrogens (tertiary/aromatic N) is 1. The Labute approximate surface area is 102 Å². The molecule has 88 valence electrons. The van der Waals surface area contributed by atoms with E-state index in [-0.39, 0.29) is 0 Å². The number of hydrogen-bond acceptors (Lipinski definition) is 1. The van der Waals surface area contributed by atoms with E-state index in [1.807, 2.05) is 6.08 Å². The maximum absolute atomic E-state index is 3.84. The highest BCUT2D eigenvalue weighted by Crippen LogP contribution is 2.32. The van der Waals surface area contributed by atoms with E-state index in [0.717, 1.165) is 0 Å². The molecule has 1 aliphatic rings. The van der Waals surface area contributed by atoms with Crippen LogP contribution in [-0.2, 0) is 0 Å². The summed E-state index contributed by atoms with van der Waals surface area (Å²) in [6.45, 7) is 6.22. The number of nitrogens with one attached hydrogen (secondary N) is 1. The summed E-state index contributed by atoms with van der Waals surface area (Å²) in [6.07, 6.45) is 5.36. The second kappa shape index (κ2) is 4.04. The number of benzene rings is 1. The molecule has 1 saturated heterocycles.